The molecule has 0 fully saturated rings. The van der Waals surface area contributed by atoms with Gasteiger partial charge in [-0.1, -0.05) is 33.1 Å². The van der Waals surface area contributed by atoms with Crippen molar-refractivity contribution in [2.24, 2.45) is 5.92 Å². The van der Waals surface area contributed by atoms with Gasteiger partial charge in [0.2, 0.25) is 0 Å². The van der Waals surface area contributed by atoms with Crippen LogP contribution in [0.4, 0.5) is 0 Å². The van der Waals surface area contributed by atoms with Crippen molar-refractivity contribution in [2.75, 3.05) is 0 Å². The molecule has 16 heavy (non-hydrogen) atoms. The van der Waals surface area contributed by atoms with Crippen LogP contribution in [0.5, 0.6) is 0 Å². The molecule has 1 atom stereocenters. The Hall–Kier alpha value is -0.570. The number of halogens is 1. The summed E-state index contributed by atoms with van der Waals surface area (Å²) >= 11 is 3.28. The molecule has 1 aromatic rings. The Morgan fingerprint density at radius 1 is 1.44 bits per heavy atom. The van der Waals surface area contributed by atoms with E-state index in [4.69, 9.17) is 0 Å². The van der Waals surface area contributed by atoms with Crippen molar-refractivity contribution in [3.63, 3.8) is 0 Å². The van der Waals surface area contributed by atoms with E-state index in [9.17, 15) is 4.79 Å². The number of unbranched alkanes of at least 4 members (excludes halogenated alkanes) is 1. The second-order valence-electron chi connectivity index (χ2n) is 4.23. The maximum atomic E-state index is 11.8. The zero-order valence-electron chi connectivity index (χ0n) is 10.1. The molecular formula is C13H20BrNO. The number of rotatable bonds is 6. The summed E-state index contributed by atoms with van der Waals surface area (Å²) in [4.78, 5) is 11.8. The molecule has 0 saturated heterocycles. The van der Waals surface area contributed by atoms with Crippen molar-refractivity contribution in [2.45, 2.75) is 46.1 Å². The summed E-state index contributed by atoms with van der Waals surface area (Å²) in [6.07, 6.45) is 6.71. The van der Waals surface area contributed by atoms with Crippen molar-refractivity contribution in [1.82, 2.24) is 4.57 Å². The number of aromatic nitrogens is 1. The van der Waals surface area contributed by atoms with Gasteiger partial charge < -0.3 is 4.57 Å². The SMILES string of the molecule is CCCCC(CC)Cn1cccc(Br)c1=O. The normalized spacial score (nSPS) is 12.7. The summed E-state index contributed by atoms with van der Waals surface area (Å²) < 4.78 is 2.47. The molecule has 0 aromatic carbocycles. The van der Waals surface area contributed by atoms with Gasteiger partial charge in [-0.05, 0) is 40.4 Å². The summed E-state index contributed by atoms with van der Waals surface area (Å²) in [5.41, 5.74) is 0.0810. The van der Waals surface area contributed by atoms with Crippen LogP contribution in [0.15, 0.2) is 27.6 Å². The van der Waals surface area contributed by atoms with Gasteiger partial charge in [0.05, 0.1) is 4.47 Å². The topological polar surface area (TPSA) is 22.0 Å². The molecule has 1 heterocycles. The fraction of sp³-hybridized carbons (Fsp3) is 0.615. The third-order valence-electron chi connectivity index (χ3n) is 2.97. The Kier molecular flexibility index (Phi) is 5.81. The van der Waals surface area contributed by atoms with Crippen molar-refractivity contribution in [1.29, 1.82) is 0 Å². The minimum Gasteiger partial charge on any atom is -0.314 e. The first kappa shape index (κ1) is 13.5. The molecule has 90 valence electrons. The van der Waals surface area contributed by atoms with Gasteiger partial charge in [0.1, 0.15) is 0 Å². The van der Waals surface area contributed by atoms with Gasteiger partial charge in [-0.15, -0.1) is 0 Å². The van der Waals surface area contributed by atoms with E-state index in [2.05, 4.69) is 29.8 Å². The lowest BCUT2D eigenvalue weighted by Gasteiger charge is -2.16. The third-order valence-corrected chi connectivity index (χ3v) is 3.58. The van der Waals surface area contributed by atoms with E-state index in [0.29, 0.717) is 10.4 Å². The van der Waals surface area contributed by atoms with Crippen LogP contribution in [0.3, 0.4) is 0 Å². The largest absolute Gasteiger partial charge is 0.314 e. The second kappa shape index (κ2) is 6.89. The van der Waals surface area contributed by atoms with Crippen molar-refractivity contribution < 1.29 is 0 Å². The maximum absolute atomic E-state index is 11.8. The van der Waals surface area contributed by atoms with Crippen LogP contribution in [0.2, 0.25) is 0 Å². The minimum atomic E-state index is 0.0810. The quantitative estimate of drug-likeness (QED) is 0.779. The molecule has 0 aliphatic heterocycles. The smallest absolute Gasteiger partial charge is 0.264 e. The Bertz CT molecular complexity index is 372. The fourth-order valence-corrected chi connectivity index (χ4v) is 2.23. The fourth-order valence-electron chi connectivity index (χ4n) is 1.85. The number of hydrogen-bond donors (Lipinski definition) is 0. The van der Waals surface area contributed by atoms with Crippen LogP contribution in [0, 0.1) is 5.92 Å². The van der Waals surface area contributed by atoms with Gasteiger partial charge in [-0.3, -0.25) is 4.79 Å². The summed E-state index contributed by atoms with van der Waals surface area (Å²) in [6, 6.07) is 3.71. The molecule has 0 radical (unpaired) electrons. The Morgan fingerprint density at radius 3 is 2.81 bits per heavy atom. The first-order chi connectivity index (χ1) is 7.69. The van der Waals surface area contributed by atoms with E-state index in [1.165, 1.54) is 19.3 Å². The summed E-state index contributed by atoms with van der Waals surface area (Å²) in [5, 5.41) is 0. The van der Waals surface area contributed by atoms with Gasteiger partial charge in [-0.2, -0.15) is 0 Å². The van der Waals surface area contributed by atoms with Gasteiger partial charge >= 0.3 is 0 Å². The molecule has 3 heteroatoms. The van der Waals surface area contributed by atoms with Gasteiger partial charge in [0.15, 0.2) is 0 Å². The lowest BCUT2D eigenvalue weighted by atomic mass is 9.99. The summed E-state index contributed by atoms with van der Waals surface area (Å²) in [6.45, 7) is 5.25. The van der Waals surface area contributed by atoms with Gasteiger partial charge in [-0.25, -0.2) is 0 Å². The molecule has 0 aliphatic rings. The Labute approximate surface area is 106 Å². The predicted molar refractivity (Wildman–Crippen MR) is 71.7 cm³/mol. The van der Waals surface area contributed by atoms with E-state index < -0.39 is 0 Å². The van der Waals surface area contributed by atoms with E-state index in [1.807, 2.05) is 16.8 Å². The molecule has 0 aliphatic carbocycles. The van der Waals surface area contributed by atoms with Crippen LogP contribution < -0.4 is 5.56 Å². The summed E-state index contributed by atoms with van der Waals surface area (Å²) in [5.74, 6) is 0.618. The molecule has 1 rings (SSSR count). The molecule has 0 amide bonds. The van der Waals surface area contributed by atoms with Crippen molar-refractivity contribution >= 4 is 15.9 Å². The molecular weight excluding hydrogens is 266 g/mol. The number of pyridine rings is 1. The van der Waals surface area contributed by atoms with Crippen LogP contribution in [0.25, 0.3) is 0 Å². The van der Waals surface area contributed by atoms with Crippen molar-refractivity contribution in [3.8, 4) is 0 Å². The number of nitrogens with zero attached hydrogens (tertiary/aromatic N) is 1. The lowest BCUT2D eigenvalue weighted by molar-refractivity contribution is 0.385. The zero-order valence-corrected chi connectivity index (χ0v) is 11.7. The average molecular weight is 286 g/mol. The average Bonchev–Trinajstić information content (AvgIpc) is 2.30. The Morgan fingerprint density at radius 2 is 2.19 bits per heavy atom. The first-order valence-electron chi connectivity index (χ1n) is 6.04. The summed E-state index contributed by atoms with van der Waals surface area (Å²) in [7, 11) is 0. The van der Waals surface area contributed by atoms with Crippen LogP contribution in [0.1, 0.15) is 39.5 Å². The third kappa shape index (κ3) is 3.78. The lowest BCUT2D eigenvalue weighted by Crippen LogP contribution is -2.23. The number of hydrogen-bond acceptors (Lipinski definition) is 1. The highest BCUT2D eigenvalue weighted by Gasteiger charge is 2.08. The van der Waals surface area contributed by atoms with E-state index in [-0.39, 0.29) is 5.56 Å². The minimum absolute atomic E-state index is 0.0810. The molecule has 1 aromatic heterocycles. The molecule has 0 N–H and O–H groups in total. The highest BCUT2D eigenvalue weighted by molar-refractivity contribution is 9.10. The molecule has 0 spiro atoms. The second-order valence-corrected chi connectivity index (χ2v) is 5.08. The molecule has 2 nitrogen and oxygen atoms in total. The van der Waals surface area contributed by atoms with Crippen LogP contribution >= 0.6 is 15.9 Å². The van der Waals surface area contributed by atoms with Crippen molar-refractivity contribution in [3.05, 3.63) is 33.2 Å². The van der Waals surface area contributed by atoms with E-state index in [0.717, 1.165) is 13.0 Å². The van der Waals surface area contributed by atoms with Crippen LogP contribution in [-0.4, -0.2) is 4.57 Å². The standard InChI is InChI=1S/C13H20BrNO/c1-3-5-7-11(4-2)10-15-9-6-8-12(14)13(15)16/h6,8-9,11H,3-5,7,10H2,1-2H3. The van der Waals surface area contributed by atoms with Gasteiger partial charge in [0.25, 0.3) is 5.56 Å². The zero-order chi connectivity index (χ0) is 12.0. The highest BCUT2D eigenvalue weighted by Crippen LogP contribution is 2.14. The predicted octanol–water partition coefficient (Wildman–Crippen LogP) is 3.83. The molecule has 0 saturated carbocycles. The monoisotopic (exact) mass is 285 g/mol. The maximum Gasteiger partial charge on any atom is 0.264 e. The van der Waals surface area contributed by atoms with E-state index >= 15 is 0 Å². The van der Waals surface area contributed by atoms with Gasteiger partial charge in [0, 0.05) is 12.7 Å². The van der Waals surface area contributed by atoms with Crippen LogP contribution in [-0.2, 0) is 6.54 Å². The highest BCUT2D eigenvalue weighted by atomic mass is 79.9. The molecule has 1 unspecified atom stereocenters. The first-order valence-corrected chi connectivity index (χ1v) is 6.83. The van der Waals surface area contributed by atoms with E-state index in [1.54, 1.807) is 6.07 Å². The Balaban J connectivity index is 2.70. The molecule has 0 bridgehead atoms.